The zero-order valence-corrected chi connectivity index (χ0v) is 37.1. The van der Waals surface area contributed by atoms with Crippen molar-refractivity contribution in [3.05, 3.63) is 249 Å². The lowest BCUT2D eigenvalue weighted by Crippen LogP contribution is -2.27. The summed E-state index contributed by atoms with van der Waals surface area (Å²) in [6, 6.07) is 69.1. The molecule has 13 rings (SSSR count). The van der Waals surface area contributed by atoms with Gasteiger partial charge in [0.1, 0.15) is 17.1 Å². The average molecular weight is 880 g/mol. The van der Waals surface area contributed by atoms with Crippen molar-refractivity contribution in [3.8, 4) is 56.0 Å². The maximum Gasteiger partial charge on any atom is 0.143 e. The van der Waals surface area contributed by atoms with Crippen LogP contribution >= 0.6 is 23.2 Å². The largest absolute Gasteiger partial charge is 0.497 e. The molecule has 0 aliphatic heterocycles. The molecule has 0 saturated carbocycles. The van der Waals surface area contributed by atoms with E-state index in [1.165, 1.54) is 55.3 Å². The van der Waals surface area contributed by atoms with Crippen molar-refractivity contribution in [2.75, 3.05) is 14.2 Å². The Labute approximate surface area is 387 Å². The van der Waals surface area contributed by atoms with Gasteiger partial charge in [-0.1, -0.05) is 175 Å². The van der Waals surface area contributed by atoms with Crippen LogP contribution in [-0.4, -0.2) is 19.3 Å². The predicted octanol–water partition coefficient (Wildman–Crippen LogP) is 15.3. The third-order valence-electron chi connectivity index (χ3n) is 13.9. The van der Waals surface area contributed by atoms with Gasteiger partial charge in [0.15, 0.2) is 0 Å². The number of hydrogen-bond acceptors (Lipinski definition) is 3. The maximum atomic E-state index is 12.8. The molecule has 0 fully saturated rings. The zero-order chi connectivity index (χ0) is 44.0. The Kier molecular flexibility index (Phi) is 9.09. The van der Waals surface area contributed by atoms with Crippen molar-refractivity contribution < 1.29 is 14.6 Å². The van der Waals surface area contributed by atoms with Crippen LogP contribution in [0.5, 0.6) is 11.5 Å². The first-order valence-electron chi connectivity index (χ1n) is 21.7. The third kappa shape index (κ3) is 5.66. The first-order chi connectivity index (χ1) is 31.8. The molecule has 0 radical (unpaired) electrons. The Morgan fingerprint density at radius 3 is 1.40 bits per heavy atom. The van der Waals surface area contributed by atoms with Gasteiger partial charge in [0, 0.05) is 26.7 Å². The third-order valence-corrected chi connectivity index (χ3v) is 14.4. The number of methoxy groups -OCH3 is 2. The van der Waals surface area contributed by atoms with E-state index < -0.39 is 11.0 Å². The fourth-order valence-electron chi connectivity index (χ4n) is 11.2. The number of benzene rings is 10. The van der Waals surface area contributed by atoms with Gasteiger partial charge in [-0.3, -0.25) is 0 Å². The van der Waals surface area contributed by atoms with Crippen LogP contribution in [0.15, 0.2) is 200 Å². The van der Waals surface area contributed by atoms with E-state index in [1.54, 1.807) is 14.2 Å². The van der Waals surface area contributed by atoms with Crippen LogP contribution in [0.1, 0.15) is 38.9 Å². The Balaban J connectivity index is 0.000000137. The molecule has 1 unspecified atom stereocenters. The number of fused-ring (bicyclic) bond motifs is 17. The summed E-state index contributed by atoms with van der Waals surface area (Å²) in [4.78, 5) is 0. The predicted molar refractivity (Wildman–Crippen MR) is 267 cm³/mol. The molecule has 0 amide bonds. The van der Waals surface area contributed by atoms with E-state index in [4.69, 9.17) is 32.7 Å². The Bertz CT molecular complexity index is 3530. The van der Waals surface area contributed by atoms with Gasteiger partial charge in [-0.25, -0.2) is 0 Å². The van der Waals surface area contributed by atoms with Crippen LogP contribution in [-0.2, 0) is 11.0 Å². The van der Waals surface area contributed by atoms with Crippen molar-refractivity contribution in [1.82, 2.24) is 0 Å². The minimum atomic E-state index is -1.36. The second kappa shape index (κ2) is 15.0. The van der Waals surface area contributed by atoms with Gasteiger partial charge < -0.3 is 14.6 Å². The van der Waals surface area contributed by atoms with Gasteiger partial charge >= 0.3 is 0 Å². The van der Waals surface area contributed by atoms with Crippen molar-refractivity contribution in [1.29, 1.82) is 0 Å². The topological polar surface area (TPSA) is 38.7 Å². The van der Waals surface area contributed by atoms with Gasteiger partial charge in [0.05, 0.1) is 19.6 Å². The number of hydrogen-bond donors (Lipinski definition) is 1. The summed E-state index contributed by atoms with van der Waals surface area (Å²) in [5.41, 5.74) is 15.2. The quantitative estimate of drug-likeness (QED) is 0.191. The lowest BCUT2D eigenvalue weighted by Gasteiger charge is -2.31. The molecule has 1 atom stereocenters. The Morgan fingerprint density at radius 1 is 0.369 bits per heavy atom. The molecule has 3 aliphatic carbocycles. The van der Waals surface area contributed by atoms with E-state index in [9.17, 15) is 5.11 Å². The highest BCUT2D eigenvalue weighted by atomic mass is 35.5. The lowest BCUT2D eigenvalue weighted by molar-refractivity contribution is 0.133. The molecule has 0 bridgehead atoms. The smallest absolute Gasteiger partial charge is 0.143 e. The molecule has 1 N–H and O–H groups in total. The van der Waals surface area contributed by atoms with Crippen molar-refractivity contribution in [3.63, 3.8) is 0 Å². The van der Waals surface area contributed by atoms with Crippen molar-refractivity contribution >= 4 is 44.7 Å². The second-order valence-electron chi connectivity index (χ2n) is 17.0. The van der Waals surface area contributed by atoms with Crippen molar-refractivity contribution in [2.24, 2.45) is 0 Å². The standard InChI is InChI=1S/C30H21ClO2.C30H19ClO/c1-33-22-13-16-24-20(17-22)11-14-26-25-15-12-21(31)18-28(25)30(32,29(24)26)27-10-6-5-9-23(27)19-7-3-2-4-8-19;1-32-20-12-15-21-18(16-20)10-13-25-24-14-11-19(31)17-28(24)30(29(21)25)26-8-4-2-6-22(26)23-7-3-5-9-27(23)30/h2-18,32H,1H3;2-17H,1H3. The fraction of sp³-hybridized carbons (Fsp3) is 0.0667. The number of rotatable bonds is 4. The van der Waals surface area contributed by atoms with E-state index >= 15 is 0 Å². The molecule has 0 heterocycles. The summed E-state index contributed by atoms with van der Waals surface area (Å²) in [6.07, 6.45) is 0. The molecule has 0 aromatic heterocycles. The van der Waals surface area contributed by atoms with Gasteiger partial charge in [-0.15, -0.1) is 0 Å². The summed E-state index contributed by atoms with van der Waals surface area (Å²) in [6.45, 7) is 0. The van der Waals surface area contributed by atoms with Crippen molar-refractivity contribution in [2.45, 2.75) is 11.0 Å². The number of halogens is 2. The highest BCUT2D eigenvalue weighted by Crippen LogP contribution is 2.64. The number of ether oxygens (including phenoxy) is 2. The van der Waals surface area contributed by atoms with Crippen LogP contribution in [0.4, 0.5) is 0 Å². The highest BCUT2D eigenvalue weighted by molar-refractivity contribution is 6.31. The lowest BCUT2D eigenvalue weighted by atomic mass is 9.69. The van der Waals surface area contributed by atoms with E-state index in [1.807, 2.05) is 78.9 Å². The first kappa shape index (κ1) is 39.5. The molecule has 5 heteroatoms. The zero-order valence-electron chi connectivity index (χ0n) is 35.6. The van der Waals surface area contributed by atoms with E-state index in [0.717, 1.165) is 66.2 Å². The molecule has 3 aliphatic rings. The molecular formula is C60H40Cl2O3. The van der Waals surface area contributed by atoms with E-state index in [-0.39, 0.29) is 0 Å². The first-order valence-corrected chi connectivity index (χ1v) is 22.5. The molecule has 3 nitrogen and oxygen atoms in total. The summed E-state index contributed by atoms with van der Waals surface area (Å²) in [5, 5.41) is 18.6. The molecule has 312 valence electrons. The van der Waals surface area contributed by atoms with Gasteiger partial charge in [0.25, 0.3) is 0 Å². The van der Waals surface area contributed by atoms with Crippen LogP contribution in [0.25, 0.3) is 66.1 Å². The highest BCUT2D eigenvalue weighted by Gasteiger charge is 2.52. The molecule has 1 spiro atoms. The summed E-state index contributed by atoms with van der Waals surface area (Å²) >= 11 is 13.1. The maximum absolute atomic E-state index is 12.8. The second-order valence-corrected chi connectivity index (χ2v) is 17.9. The van der Waals surface area contributed by atoms with Crippen LogP contribution in [0.3, 0.4) is 0 Å². The average Bonchev–Trinajstić information content (AvgIpc) is 3.93. The SMILES string of the molecule is COc1ccc2c3c(ccc2c1)-c1ccc(Cl)cc1C3(O)c1ccccc1-c1ccccc1.COc1ccc2c3c(ccc2c1)-c1ccc(Cl)cc1C31c2ccccc2-c2ccccc21. The Morgan fingerprint density at radius 2 is 0.815 bits per heavy atom. The van der Waals surface area contributed by atoms with Crippen LogP contribution < -0.4 is 9.47 Å². The minimum absolute atomic E-state index is 0.392. The summed E-state index contributed by atoms with van der Waals surface area (Å²) in [7, 11) is 3.39. The number of aliphatic hydroxyl groups is 1. The molecular weight excluding hydrogens is 840 g/mol. The molecule has 0 saturated heterocycles. The summed E-state index contributed by atoms with van der Waals surface area (Å²) in [5.74, 6) is 1.66. The molecule has 10 aromatic rings. The summed E-state index contributed by atoms with van der Waals surface area (Å²) < 4.78 is 11.0. The normalized spacial score (nSPS) is 15.3. The fourth-order valence-corrected chi connectivity index (χ4v) is 11.6. The van der Waals surface area contributed by atoms with Gasteiger partial charge in [-0.05, 0) is 137 Å². The van der Waals surface area contributed by atoms with Crippen LogP contribution in [0, 0.1) is 0 Å². The Hall–Kier alpha value is -7.14. The molecule has 10 aromatic carbocycles. The minimum Gasteiger partial charge on any atom is -0.497 e. The van der Waals surface area contributed by atoms with Gasteiger partial charge in [0.2, 0.25) is 0 Å². The van der Waals surface area contributed by atoms with E-state index in [2.05, 4.69) is 121 Å². The van der Waals surface area contributed by atoms with E-state index in [0.29, 0.717) is 5.02 Å². The van der Waals surface area contributed by atoms with Gasteiger partial charge in [-0.2, -0.15) is 0 Å². The molecule has 65 heavy (non-hydrogen) atoms. The van der Waals surface area contributed by atoms with Crippen LogP contribution in [0.2, 0.25) is 10.0 Å². The monoisotopic (exact) mass is 878 g/mol.